The number of likely N-dealkylation sites (tertiary alicyclic amines) is 1. The van der Waals surface area contributed by atoms with Crippen LogP contribution in [0.1, 0.15) is 57.5 Å². The van der Waals surface area contributed by atoms with Crippen molar-refractivity contribution in [1.29, 1.82) is 0 Å². The minimum atomic E-state index is -0.244. The summed E-state index contributed by atoms with van der Waals surface area (Å²) in [6.45, 7) is 11.8. The minimum absolute atomic E-state index is 0.191. The molecule has 0 saturated carbocycles. The topological polar surface area (TPSA) is 110 Å². The number of carbonyl (C=O) groups excluding carboxylic acids is 3. The van der Waals surface area contributed by atoms with E-state index in [2.05, 4.69) is 61.9 Å². The number of rotatable bonds is 11. The van der Waals surface area contributed by atoms with Crippen LogP contribution in [-0.4, -0.2) is 80.0 Å². The maximum absolute atomic E-state index is 13.5. The molecule has 0 bridgehead atoms. The molecule has 0 unspecified atom stereocenters. The second-order valence-corrected chi connectivity index (χ2v) is 12.0. The van der Waals surface area contributed by atoms with E-state index in [4.69, 9.17) is 0 Å². The highest BCUT2D eigenvalue weighted by atomic mass is 32.1. The standard InChI is InChI=1S/C32H41N7O3S/c1-4-33-32-35-23(3)29(43-32)31(42)36-25-21-24(30(41)34-14-8-16-39-15-7-11-28(39)40)12-13-27(25)38-19-17-37(18-20-38)26-10-6-5-9-22(26)2/h5-6,9-10,12-13,21H,4,7-8,11,14-20H2,1-3H3,(H,33,35)(H,34,41)(H,36,42). The number of hydrogen-bond donors (Lipinski definition) is 3. The molecule has 3 N–H and O–H groups in total. The Balaban J connectivity index is 1.31. The van der Waals surface area contributed by atoms with Gasteiger partial charge >= 0.3 is 0 Å². The number of piperazine rings is 1. The molecule has 11 heteroatoms. The maximum Gasteiger partial charge on any atom is 0.267 e. The molecule has 3 aromatic rings. The van der Waals surface area contributed by atoms with Gasteiger partial charge in [0.25, 0.3) is 11.8 Å². The molecule has 2 fully saturated rings. The van der Waals surface area contributed by atoms with Crippen LogP contribution in [0.2, 0.25) is 0 Å². The summed E-state index contributed by atoms with van der Waals surface area (Å²) in [5, 5.41) is 9.97. The molecule has 0 atom stereocenters. The van der Waals surface area contributed by atoms with Gasteiger partial charge in [-0.3, -0.25) is 14.4 Å². The summed E-state index contributed by atoms with van der Waals surface area (Å²) < 4.78 is 0. The zero-order valence-electron chi connectivity index (χ0n) is 25.2. The normalized spacial score (nSPS) is 15.1. The van der Waals surface area contributed by atoms with Gasteiger partial charge < -0.3 is 30.7 Å². The van der Waals surface area contributed by atoms with Gasteiger partial charge in [-0.2, -0.15) is 0 Å². The van der Waals surface area contributed by atoms with Gasteiger partial charge in [0.1, 0.15) is 4.88 Å². The lowest BCUT2D eigenvalue weighted by atomic mass is 10.1. The Bertz CT molecular complexity index is 1460. The highest BCUT2D eigenvalue weighted by Crippen LogP contribution is 2.32. The monoisotopic (exact) mass is 603 g/mol. The zero-order chi connectivity index (χ0) is 30.3. The minimum Gasteiger partial charge on any atom is -0.368 e. The maximum atomic E-state index is 13.5. The first kappa shape index (κ1) is 30.3. The number of anilines is 4. The number of thiazole rings is 1. The third-order valence-electron chi connectivity index (χ3n) is 7.98. The van der Waals surface area contributed by atoms with Gasteiger partial charge in [0.05, 0.1) is 17.1 Å². The van der Waals surface area contributed by atoms with Crippen molar-refractivity contribution in [3.63, 3.8) is 0 Å². The Kier molecular flexibility index (Phi) is 9.81. The van der Waals surface area contributed by atoms with Crippen molar-refractivity contribution in [2.24, 2.45) is 0 Å². The van der Waals surface area contributed by atoms with Crippen LogP contribution in [0.15, 0.2) is 42.5 Å². The van der Waals surface area contributed by atoms with Gasteiger partial charge in [-0.25, -0.2) is 4.98 Å². The molecule has 0 spiro atoms. The van der Waals surface area contributed by atoms with E-state index in [1.165, 1.54) is 22.6 Å². The molecule has 0 radical (unpaired) electrons. The quantitative estimate of drug-likeness (QED) is 0.277. The Morgan fingerprint density at radius 2 is 1.70 bits per heavy atom. The fourth-order valence-corrected chi connectivity index (χ4v) is 6.62. The average Bonchev–Trinajstić information content (AvgIpc) is 3.59. The van der Waals surface area contributed by atoms with Crippen LogP contribution in [0.3, 0.4) is 0 Å². The summed E-state index contributed by atoms with van der Waals surface area (Å²) in [6.07, 6.45) is 2.22. The van der Waals surface area contributed by atoms with Crippen molar-refractivity contribution in [3.05, 3.63) is 64.2 Å². The third kappa shape index (κ3) is 7.27. The lowest BCUT2D eigenvalue weighted by molar-refractivity contribution is -0.127. The van der Waals surface area contributed by atoms with E-state index >= 15 is 0 Å². The number of benzene rings is 2. The van der Waals surface area contributed by atoms with Crippen LogP contribution in [0.25, 0.3) is 0 Å². The zero-order valence-corrected chi connectivity index (χ0v) is 26.1. The Hall–Kier alpha value is -4.12. The van der Waals surface area contributed by atoms with Crippen molar-refractivity contribution < 1.29 is 14.4 Å². The number of aryl methyl sites for hydroxylation is 2. The first-order valence-corrected chi connectivity index (χ1v) is 15.9. The summed E-state index contributed by atoms with van der Waals surface area (Å²) in [4.78, 5) is 50.0. The van der Waals surface area contributed by atoms with Gasteiger partial charge in [-0.05, 0) is 63.4 Å². The second-order valence-electron chi connectivity index (χ2n) is 11.0. The van der Waals surface area contributed by atoms with Gasteiger partial charge in [-0.15, -0.1) is 0 Å². The molecular formula is C32H41N7O3S. The molecular weight excluding hydrogens is 562 g/mol. The van der Waals surface area contributed by atoms with E-state index in [-0.39, 0.29) is 17.7 Å². The average molecular weight is 604 g/mol. The molecule has 0 aliphatic carbocycles. The van der Waals surface area contributed by atoms with Gasteiger partial charge in [0.2, 0.25) is 5.91 Å². The van der Waals surface area contributed by atoms with Crippen molar-refractivity contribution >= 4 is 51.3 Å². The molecule has 10 nitrogen and oxygen atoms in total. The Morgan fingerprint density at radius 3 is 2.40 bits per heavy atom. The van der Waals surface area contributed by atoms with E-state index in [9.17, 15) is 14.4 Å². The van der Waals surface area contributed by atoms with E-state index in [0.29, 0.717) is 52.9 Å². The molecule has 2 saturated heterocycles. The summed E-state index contributed by atoms with van der Waals surface area (Å²) in [7, 11) is 0. The molecule has 2 aliphatic rings. The van der Waals surface area contributed by atoms with Crippen molar-refractivity contribution in [2.75, 3.05) is 72.8 Å². The van der Waals surface area contributed by atoms with Crippen molar-refractivity contribution in [1.82, 2.24) is 15.2 Å². The van der Waals surface area contributed by atoms with Gasteiger partial charge in [-0.1, -0.05) is 29.5 Å². The number of hydrogen-bond acceptors (Lipinski definition) is 8. The molecule has 2 aliphatic heterocycles. The van der Waals surface area contributed by atoms with Crippen LogP contribution in [0.4, 0.5) is 22.2 Å². The van der Waals surface area contributed by atoms with Crippen molar-refractivity contribution in [2.45, 2.75) is 40.0 Å². The van der Waals surface area contributed by atoms with Crippen molar-refractivity contribution in [3.8, 4) is 0 Å². The summed E-state index contributed by atoms with van der Waals surface area (Å²) in [6, 6.07) is 13.9. The third-order valence-corrected chi connectivity index (χ3v) is 9.09. The number of aromatic nitrogens is 1. The summed E-state index contributed by atoms with van der Waals surface area (Å²) in [5.74, 6) is -0.259. The first-order valence-electron chi connectivity index (χ1n) is 15.1. The largest absolute Gasteiger partial charge is 0.368 e. The lowest BCUT2D eigenvalue weighted by Crippen LogP contribution is -2.47. The van der Waals surface area contributed by atoms with Crippen LogP contribution >= 0.6 is 11.3 Å². The highest BCUT2D eigenvalue weighted by molar-refractivity contribution is 7.17. The SMILES string of the molecule is CCNc1nc(C)c(C(=O)Nc2cc(C(=O)NCCCN3CCCC3=O)ccc2N2CCN(c3ccccc3C)CC2)s1. The fourth-order valence-electron chi connectivity index (χ4n) is 5.69. The molecule has 3 heterocycles. The molecule has 2 aromatic carbocycles. The van der Waals surface area contributed by atoms with E-state index in [0.717, 1.165) is 51.4 Å². The molecule has 43 heavy (non-hydrogen) atoms. The van der Waals surface area contributed by atoms with Gasteiger partial charge in [0.15, 0.2) is 5.13 Å². The molecule has 5 rings (SSSR count). The predicted molar refractivity (Wildman–Crippen MR) is 174 cm³/mol. The van der Waals surface area contributed by atoms with Crippen LogP contribution in [0.5, 0.6) is 0 Å². The second kappa shape index (κ2) is 13.9. The van der Waals surface area contributed by atoms with Crippen LogP contribution in [-0.2, 0) is 4.79 Å². The van der Waals surface area contributed by atoms with E-state index in [1.54, 1.807) is 6.07 Å². The number of carbonyl (C=O) groups is 3. The lowest BCUT2D eigenvalue weighted by Gasteiger charge is -2.38. The fraction of sp³-hybridized carbons (Fsp3) is 0.438. The van der Waals surface area contributed by atoms with E-state index in [1.807, 2.05) is 30.9 Å². The number of nitrogens with one attached hydrogen (secondary N) is 3. The van der Waals surface area contributed by atoms with E-state index < -0.39 is 0 Å². The summed E-state index contributed by atoms with van der Waals surface area (Å²) in [5.41, 5.74) is 5.12. The number of nitrogens with zero attached hydrogens (tertiary/aromatic N) is 4. The Morgan fingerprint density at radius 1 is 0.953 bits per heavy atom. The number of para-hydroxylation sites is 1. The smallest absolute Gasteiger partial charge is 0.267 e. The number of amides is 3. The molecule has 3 amide bonds. The molecule has 228 valence electrons. The first-order chi connectivity index (χ1) is 20.8. The van der Waals surface area contributed by atoms with Crippen LogP contribution < -0.4 is 25.8 Å². The predicted octanol–water partition coefficient (Wildman–Crippen LogP) is 4.51. The molecule has 1 aromatic heterocycles. The summed E-state index contributed by atoms with van der Waals surface area (Å²) >= 11 is 1.32. The van der Waals surface area contributed by atoms with Gasteiger partial charge in [0, 0.05) is 70.0 Å². The Labute approximate surface area is 257 Å². The van der Waals surface area contributed by atoms with Crippen LogP contribution in [0, 0.1) is 13.8 Å². The highest BCUT2D eigenvalue weighted by Gasteiger charge is 2.24.